The summed E-state index contributed by atoms with van der Waals surface area (Å²) in [6, 6.07) is 18.6. The van der Waals surface area contributed by atoms with Crippen LogP contribution in [0, 0.1) is 6.92 Å². The molecule has 1 aliphatic rings. The number of aromatic nitrogens is 2. The zero-order chi connectivity index (χ0) is 21.1. The molecular weight excluding hydrogens is 398 g/mol. The molecular formula is C23H25N3O3S. The fourth-order valence-corrected chi connectivity index (χ4v) is 4.13. The molecule has 7 heteroatoms. The zero-order valence-electron chi connectivity index (χ0n) is 17.4. The molecule has 1 atom stereocenters. The van der Waals surface area contributed by atoms with Gasteiger partial charge in [0.05, 0.1) is 18.8 Å². The molecule has 0 aliphatic carbocycles. The summed E-state index contributed by atoms with van der Waals surface area (Å²) >= 11 is -1.52. The number of nitrogens with zero attached hydrogens (tertiary/aromatic N) is 3. The SMILES string of the molecule is Cc1ccc(C(C)(C)c2ccc(OCc3ccnc(N4CCOS4=O)n3)cc2)cc1. The average molecular weight is 424 g/mol. The average Bonchev–Trinajstić information content (AvgIpc) is 3.19. The Bertz CT molecular complexity index is 1040. The van der Waals surface area contributed by atoms with E-state index in [9.17, 15) is 4.21 Å². The molecule has 1 saturated heterocycles. The molecule has 30 heavy (non-hydrogen) atoms. The maximum atomic E-state index is 11.8. The van der Waals surface area contributed by atoms with Crippen LogP contribution in [0.2, 0.25) is 0 Å². The molecule has 0 amide bonds. The number of hydrogen-bond donors (Lipinski definition) is 0. The molecule has 0 radical (unpaired) electrons. The molecule has 2 heterocycles. The summed E-state index contributed by atoms with van der Waals surface area (Å²) < 4.78 is 24.3. The minimum Gasteiger partial charge on any atom is -0.487 e. The van der Waals surface area contributed by atoms with Crippen molar-refractivity contribution in [3.05, 3.63) is 83.2 Å². The van der Waals surface area contributed by atoms with Crippen molar-refractivity contribution in [1.82, 2.24) is 9.97 Å². The van der Waals surface area contributed by atoms with Crippen molar-refractivity contribution in [2.24, 2.45) is 0 Å². The van der Waals surface area contributed by atoms with Crippen LogP contribution in [0.3, 0.4) is 0 Å². The van der Waals surface area contributed by atoms with Crippen LogP contribution in [0.25, 0.3) is 0 Å². The molecule has 1 aromatic heterocycles. The second kappa shape index (κ2) is 8.53. The first-order chi connectivity index (χ1) is 14.4. The highest BCUT2D eigenvalue weighted by atomic mass is 32.2. The molecule has 1 fully saturated rings. The van der Waals surface area contributed by atoms with Gasteiger partial charge in [0.25, 0.3) is 11.3 Å². The van der Waals surface area contributed by atoms with Crippen LogP contribution in [-0.2, 0) is 27.5 Å². The highest BCUT2D eigenvalue weighted by Gasteiger charge is 2.25. The van der Waals surface area contributed by atoms with Crippen LogP contribution in [0.1, 0.15) is 36.2 Å². The Labute approximate surface area is 179 Å². The summed E-state index contributed by atoms with van der Waals surface area (Å²) in [5.41, 5.74) is 4.38. The summed E-state index contributed by atoms with van der Waals surface area (Å²) in [7, 11) is 0. The summed E-state index contributed by atoms with van der Waals surface area (Å²) in [6.07, 6.45) is 1.64. The van der Waals surface area contributed by atoms with E-state index in [1.807, 2.05) is 12.1 Å². The van der Waals surface area contributed by atoms with Gasteiger partial charge < -0.3 is 4.74 Å². The van der Waals surface area contributed by atoms with Gasteiger partial charge in [-0.05, 0) is 36.2 Å². The Morgan fingerprint density at radius 2 is 1.73 bits per heavy atom. The summed E-state index contributed by atoms with van der Waals surface area (Å²) in [6.45, 7) is 7.76. The van der Waals surface area contributed by atoms with E-state index >= 15 is 0 Å². The Kier molecular flexibility index (Phi) is 5.83. The number of aryl methyl sites for hydroxylation is 1. The molecule has 156 valence electrons. The van der Waals surface area contributed by atoms with Crippen LogP contribution in [0.4, 0.5) is 5.95 Å². The van der Waals surface area contributed by atoms with E-state index in [1.165, 1.54) is 21.0 Å². The lowest BCUT2D eigenvalue weighted by Crippen LogP contribution is -2.22. The minimum absolute atomic E-state index is 0.0960. The van der Waals surface area contributed by atoms with Crippen molar-refractivity contribution in [3.8, 4) is 5.75 Å². The van der Waals surface area contributed by atoms with Gasteiger partial charge in [0.1, 0.15) is 12.4 Å². The van der Waals surface area contributed by atoms with Crippen LogP contribution in [0.15, 0.2) is 60.8 Å². The molecule has 0 N–H and O–H groups in total. The van der Waals surface area contributed by atoms with E-state index < -0.39 is 11.3 Å². The lowest BCUT2D eigenvalue weighted by atomic mass is 9.78. The predicted molar refractivity (Wildman–Crippen MR) is 118 cm³/mol. The van der Waals surface area contributed by atoms with Crippen molar-refractivity contribution in [1.29, 1.82) is 0 Å². The molecule has 6 nitrogen and oxygen atoms in total. The fraction of sp³-hybridized carbons (Fsp3) is 0.304. The van der Waals surface area contributed by atoms with E-state index in [2.05, 4.69) is 67.1 Å². The molecule has 0 spiro atoms. The first-order valence-electron chi connectivity index (χ1n) is 9.88. The lowest BCUT2D eigenvalue weighted by molar-refractivity contribution is 0.301. The van der Waals surface area contributed by atoms with Gasteiger partial charge in [0, 0.05) is 11.6 Å². The van der Waals surface area contributed by atoms with Crippen molar-refractivity contribution in [3.63, 3.8) is 0 Å². The normalized spacial score (nSPS) is 16.6. The maximum Gasteiger partial charge on any atom is 0.267 e. The van der Waals surface area contributed by atoms with E-state index in [4.69, 9.17) is 8.92 Å². The quantitative estimate of drug-likeness (QED) is 0.597. The van der Waals surface area contributed by atoms with Crippen LogP contribution >= 0.6 is 0 Å². The smallest absolute Gasteiger partial charge is 0.267 e. The number of anilines is 1. The molecule has 3 aromatic rings. The molecule has 0 bridgehead atoms. The van der Waals surface area contributed by atoms with Crippen molar-refractivity contribution >= 4 is 17.2 Å². The molecule has 1 aliphatic heterocycles. The molecule has 2 aromatic carbocycles. The zero-order valence-corrected chi connectivity index (χ0v) is 18.2. The summed E-state index contributed by atoms with van der Waals surface area (Å²) in [4.78, 5) is 8.63. The van der Waals surface area contributed by atoms with E-state index in [-0.39, 0.29) is 5.41 Å². The van der Waals surface area contributed by atoms with Gasteiger partial charge in [0.15, 0.2) is 0 Å². The third kappa shape index (κ3) is 4.37. The Balaban J connectivity index is 1.43. The van der Waals surface area contributed by atoms with Crippen molar-refractivity contribution in [2.75, 3.05) is 17.5 Å². The monoisotopic (exact) mass is 423 g/mol. The maximum absolute atomic E-state index is 11.8. The Morgan fingerprint density at radius 3 is 2.37 bits per heavy atom. The number of hydrogen-bond acceptors (Lipinski definition) is 5. The van der Waals surface area contributed by atoms with Crippen molar-refractivity contribution < 1.29 is 13.1 Å². The van der Waals surface area contributed by atoms with Gasteiger partial charge >= 0.3 is 0 Å². The Hall–Kier alpha value is -2.77. The van der Waals surface area contributed by atoms with Crippen LogP contribution < -0.4 is 9.04 Å². The van der Waals surface area contributed by atoms with Crippen LogP contribution in [0.5, 0.6) is 5.75 Å². The lowest BCUT2D eigenvalue weighted by Gasteiger charge is -2.26. The molecule has 4 rings (SSSR count). The molecule has 0 saturated carbocycles. The highest BCUT2D eigenvalue weighted by molar-refractivity contribution is 7.81. The van der Waals surface area contributed by atoms with Crippen LogP contribution in [-0.4, -0.2) is 27.3 Å². The standard InChI is InChI=1S/C23H25N3O3S/c1-17-4-6-18(7-5-17)23(2,3)19-8-10-21(11-9-19)28-16-20-12-13-24-22(25-20)26-14-15-29-30(26)27/h4-13H,14-16H2,1-3H3. The Morgan fingerprint density at radius 1 is 1.07 bits per heavy atom. The number of ether oxygens (including phenoxy) is 1. The van der Waals surface area contributed by atoms with Gasteiger partial charge in [-0.15, -0.1) is 0 Å². The van der Waals surface area contributed by atoms with Gasteiger partial charge in [-0.3, -0.25) is 4.18 Å². The summed E-state index contributed by atoms with van der Waals surface area (Å²) in [5.74, 6) is 1.16. The van der Waals surface area contributed by atoms with Gasteiger partial charge in [0.2, 0.25) is 5.95 Å². The van der Waals surface area contributed by atoms with E-state index in [0.29, 0.717) is 31.4 Å². The topological polar surface area (TPSA) is 64.6 Å². The minimum atomic E-state index is -1.52. The third-order valence-corrected chi connectivity index (χ3v) is 6.39. The van der Waals surface area contributed by atoms with Gasteiger partial charge in [-0.1, -0.05) is 55.8 Å². The van der Waals surface area contributed by atoms with Gasteiger partial charge in [-0.25, -0.2) is 18.5 Å². The second-order valence-corrected chi connectivity index (χ2v) is 8.90. The highest BCUT2D eigenvalue weighted by Crippen LogP contribution is 2.32. The van der Waals surface area contributed by atoms with E-state index in [0.717, 1.165) is 5.75 Å². The van der Waals surface area contributed by atoms with E-state index in [1.54, 1.807) is 12.3 Å². The fourth-order valence-electron chi connectivity index (χ4n) is 3.34. The second-order valence-electron chi connectivity index (χ2n) is 7.79. The number of benzene rings is 2. The predicted octanol–water partition coefficient (Wildman–Crippen LogP) is 4.11. The first kappa shape index (κ1) is 20.5. The first-order valence-corrected chi connectivity index (χ1v) is 10.9. The van der Waals surface area contributed by atoms with Gasteiger partial charge in [-0.2, -0.15) is 0 Å². The number of rotatable bonds is 6. The van der Waals surface area contributed by atoms with Crippen molar-refractivity contribution in [2.45, 2.75) is 32.8 Å². The largest absolute Gasteiger partial charge is 0.487 e. The molecule has 1 unspecified atom stereocenters. The summed E-state index contributed by atoms with van der Waals surface area (Å²) in [5, 5.41) is 0. The third-order valence-electron chi connectivity index (χ3n) is 5.32.